The molecule has 1 N–H and O–H groups in total. The van der Waals surface area contributed by atoms with Gasteiger partial charge in [0, 0.05) is 12.5 Å². The van der Waals surface area contributed by atoms with Crippen LogP contribution in [0.15, 0.2) is 0 Å². The Morgan fingerprint density at radius 1 is 1.29 bits per heavy atom. The van der Waals surface area contributed by atoms with Crippen molar-refractivity contribution in [3.8, 4) is 0 Å². The third kappa shape index (κ3) is 6.06. The van der Waals surface area contributed by atoms with Crippen LogP contribution in [0.2, 0.25) is 0 Å². The van der Waals surface area contributed by atoms with Gasteiger partial charge >= 0.3 is 5.97 Å². The predicted octanol–water partition coefficient (Wildman–Crippen LogP) is 3.14. The first-order valence-corrected chi connectivity index (χ1v) is 7.05. The summed E-state index contributed by atoms with van der Waals surface area (Å²) < 4.78 is 0. The van der Waals surface area contributed by atoms with E-state index in [1.165, 1.54) is 32.1 Å². The Morgan fingerprint density at radius 3 is 2.47 bits per heavy atom. The Kier molecular flexibility index (Phi) is 6.56. The van der Waals surface area contributed by atoms with Gasteiger partial charge in [-0.1, -0.05) is 26.7 Å². The number of carboxylic acid groups (broad SMARTS) is 1. The molecule has 0 spiro atoms. The highest BCUT2D eigenvalue weighted by molar-refractivity contribution is 5.66. The highest BCUT2D eigenvalue weighted by Gasteiger charge is 2.22. The second-order valence-electron chi connectivity index (χ2n) is 5.65. The number of nitrogens with zero attached hydrogens (tertiary/aromatic N) is 1. The van der Waals surface area contributed by atoms with Crippen LogP contribution in [0, 0.1) is 5.92 Å². The number of rotatable bonds is 8. The molecule has 0 aromatic heterocycles. The van der Waals surface area contributed by atoms with Crippen LogP contribution in [0.1, 0.15) is 58.8 Å². The Morgan fingerprint density at radius 2 is 1.94 bits per heavy atom. The standard InChI is InChI=1S/C14H27NO2/c1-12(2)9-11-15(10-5-8-14(16)17)13-6-3-4-7-13/h12-13H,3-11H2,1-2H3,(H,16,17). The van der Waals surface area contributed by atoms with E-state index in [-0.39, 0.29) is 0 Å². The summed E-state index contributed by atoms with van der Waals surface area (Å²) in [4.78, 5) is 13.1. The van der Waals surface area contributed by atoms with Crippen molar-refractivity contribution in [2.24, 2.45) is 5.92 Å². The molecule has 1 fully saturated rings. The quantitative estimate of drug-likeness (QED) is 0.709. The summed E-state index contributed by atoms with van der Waals surface area (Å²) in [5.74, 6) is 0.0682. The molecule has 0 aromatic rings. The number of aliphatic carboxylic acids is 1. The summed E-state index contributed by atoms with van der Waals surface area (Å²) in [6.07, 6.45) is 7.65. The van der Waals surface area contributed by atoms with Gasteiger partial charge in [0.1, 0.15) is 0 Å². The third-order valence-corrected chi connectivity index (χ3v) is 3.67. The van der Waals surface area contributed by atoms with Crippen molar-refractivity contribution >= 4 is 5.97 Å². The lowest BCUT2D eigenvalue weighted by molar-refractivity contribution is -0.137. The van der Waals surface area contributed by atoms with E-state index in [0.29, 0.717) is 6.42 Å². The van der Waals surface area contributed by atoms with Crippen LogP contribution in [0.5, 0.6) is 0 Å². The maximum absolute atomic E-state index is 10.5. The molecule has 1 aliphatic rings. The monoisotopic (exact) mass is 241 g/mol. The SMILES string of the molecule is CC(C)CCN(CCCC(=O)O)C1CCCC1. The van der Waals surface area contributed by atoms with Gasteiger partial charge in [0.15, 0.2) is 0 Å². The van der Waals surface area contributed by atoms with Crippen molar-refractivity contribution in [1.29, 1.82) is 0 Å². The summed E-state index contributed by atoms with van der Waals surface area (Å²) in [5, 5.41) is 8.69. The van der Waals surface area contributed by atoms with E-state index in [9.17, 15) is 4.79 Å². The molecule has 0 bridgehead atoms. The lowest BCUT2D eigenvalue weighted by Gasteiger charge is -2.29. The smallest absolute Gasteiger partial charge is 0.303 e. The molecular weight excluding hydrogens is 214 g/mol. The maximum atomic E-state index is 10.5. The molecule has 0 aliphatic heterocycles. The molecule has 0 amide bonds. The van der Waals surface area contributed by atoms with Gasteiger partial charge in [-0.15, -0.1) is 0 Å². The van der Waals surface area contributed by atoms with Crippen molar-refractivity contribution in [2.75, 3.05) is 13.1 Å². The highest BCUT2D eigenvalue weighted by atomic mass is 16.4. The fourth-order valence-electron chi connectivity index (χ4n) is 2.60. The molecule has 0 heterocycles. The number of hydrogen-bond acceptors (Lipinski definition) is 2. The molecule has 0 atom stereocenters. The lowest BCUT2D eigenvalue weighted by atomic mass is 10.1. The number of carboxylic acids is 1. The molecule has 0 saturated heterocycles. The maximum Gasteiger partial charge on any atom is 0.303 e. The predicted molar refractivity (Wildman–Crippen MR) is 70.2 cm³/mol. The molecule has 3 heteroatoms. The summed E-state index contributed by atoms with van der Waals surface area (Å²) in [5.41, 5.74) is 0. The van der Waals surface area contributed by atoms with Crippen LogP contribution in [-0.4, -0.2) is 35.1 Å². The first-order chi connectivity index (χ1) is 8.09. The Balaban J connectivity index is 2.32. The Bertz CT molecular complexity index is 222. The van der Waals surface area contributed by atoms with Crippen molar-refractivity contribution in [3.63, 3.8) is 0 Å². The topological polar surface area (TPSA) is 40.5 Å². The van der Waals surface area contributed by atoms with E-state index >= 15 is 0 Å². The molecule has 0 radical (unpaired) electrons. The summed E-state index contributed by atoms with van der Waals surface area (Å²) in [6.45, 7) is 6.61. The van der Waals surface area contributed by atoms with E-state index < -0.39 is 5.97 Å². The molecular formula is C14H27NO2. The summed E-state index contributed by atoms with van der Waals surface area (Å²) >= 11 is 0. The Labute approximate surface area is 105 Å². The normalized spacial score (nSPS) is 17.2. The molecule has 0 aromatic carbocycles. The average Bonchev–Trinajstić information content (AvgIpc) is 2.75. The zero-order chi connectivity index (χ0) is 12.7. The van der Waals surface area contributed by atoms with Crippen LogP contribution >= 0.6 is 0 Å². The molecule has 1 rings (SSSR count). The fraction of sp³-hybridized carbons (Fsp3) is 0.929. The van der Waals surface area contributed by atoms with Crippen LogP contribution in [0.25, 0.3) is 0 Å². The van der Waals surface area contributed by atoms with Gasteiger partial charge in [-0.25, -0.2) is 0 Å². The van der Waals surface area contributed by atoms with E-state index in [2.05, 4.69) is 18.7 Å². The second kappa shape index (κ2) is 7.70. The van der Waals surface area contributed by atoms with Gasteiger partial charge in [-0.2, -0.15) is 0 Å². The minimum Gasteiger partial charge on any atom is -0.481 e. The van der Waals surface area contributed by atoms with Crippen molar-refractivity contribution in [2.45, 2.75) is 64.8 Å². The molecule has 3 nitrogen and oxygen atoms in total. The summed E-state index contributed by atoms with van der Waals surface area (Å²) in [7, 11) is 0. The first-order valence-electron chi connectivity index (χ1n) is 7.05. The van der Waals surface area contributed by atoms with Crippen LogP contribution in [-0.2, 0) is 4.79 Å². The van der Waals surface area contributed by atoms with Crippen molar-refractivity contribution < 1.29 is 9.90 Å². The lowest BCUT2D eigenvalue weighted by Crippen LogP contribution is -2.35. The molecule has 1 aliphatic carbocycles. The third-order valence-electron chi connectivity index (χ3n) is 3.67. The van der Waals surface area contributed by atoms with Gasteiger partial charge in [-0.05, 0) is 44.7 Å². The van der Waals surface area contributed by atoms with Crippen LogP contribution in [0.3, 0.4) is 0 Å². The highest BCUT2D eigenvalue weighted by Crippen LogP contribution is 2.24. The van der Waals surface area contributed by atoms with E-state index in [0.717, 1.165) is 31.5 Å². The van der Waals surface area contributed by atoms with Gasteiger partial charge in [0.05, 0.1) is 0 Å². The second-order valence-corrected chi connectivity index (χ2v) is 5.65. The van der Waals surface area contributed by atoms with Gasteiger partial charge < -0.3 is 10.0 Å². The minimum atomic E-state index is -0.666. The van der Waals surface area contributed by atoms with E-state index in [1.54, 1.807) is 0 Å². The van der Waals surface area contributed by atoms with Crippen molar-refractivity contribution in [3.05, 3.63) is 0 Å². The Hall–Kier alpha value is -0.570. The van der Waals surface area contributed by atoms with Gasteiger partial charge in [-0.3, -0.25) is 4.79 Å². The number of carbonyl (C=O) groups is 1. The summed E-state index contributed by atoms with van der Waals surface area (Å²) in [6, 6.07) is 0.725. The number of hydrogen-bond donors (Lipinski definition) is 1. The fourth-order valence-corrected chi connectivity index (χ4v) is 2.60. The van der Waals surface area contributed by atoms with Crippen LogP contribution < -0.4 is 0 Å². The first kappa shape index (κ1) is 14.5. The largest absolute Gasteiger partial charge is 0.481 e. The average molecular weight is 241 g/mol. The zero-order valence-corrected chi connectivity index (χ0v) is 11.3. The zero-order valence-electron chi connectivity index (χ0n) is 11.3. The van der Waals surface area contributed by atoms with E-state index in [4.69, 9.17) is 5.11 Å². The van der Waals surface area contributed by atoms with Gasteiger partial charge in [0.2, 0.25) is 0 Å². The van der Waals surface area contributed by atoms with Gasteiger partial charge in [0.25, 0.3) is 0 Å². The minimum absolute atomic E-state index is 0.310. The molecule has 0 unspecified atom stereocenters. The van der Waals surface area contributed by atoms with Crippen molar-refractivity contribution in [1.82, 2.24) is 4.90 Å². The molecule has 17 heavy (non-hydrogen) atoms. The van der Waals surface area contributed by atoms with E-state index in [1.807, 2.05) is 0 Å². The molecule has 1 saturated carbocycles. The molecule has 100 valence electrons. The van der Waals surface area contributed by atoms with Crippen LogP contribution in [0.4, 0.5) is 0 Å².